The summed E-state index contributed by atoms with van der Waals surface area (Å²) in [5, 5.41) is 5.98. The first-order valence-electron chi connectivity index (χ1n) is 10.2. The molecule has 0 saturated heterocycles. The maximum Gasteiger partial charge on any atom is 0.333 e. The van der Waals surface area contributed by atoms with Crippen LogP contribution in [-0.4, -0.2) is 46.1 Å². The molecule has 5 rings (SSSR count). The summed E-state index contributed by atoms with van der Waals surface area (Å²) in [6, 6.07) is 1.77. The molecular formula is C21H17B2F4N5O. The summed E-state index contributed by atoms with van der Waals surface area (Å²) in [4.78, 5) is 4.54. The van der Waals surface area contributed by atoms with Crippen molar-refractivity contribution in [3.05, 3.63) is 42.3 Å². The van der Waals surface area contributed by atoms with Gasteiger partial charge in [-0.15, -0.1) is 0 Å². The van der Waals surface area contributed by atoms with E-state index in [-0.39, 0.29) is 0 Å². The van der Waals surface area contributed by atoms with Gasteiger partial charge in [0.05, 0.1) is 38.6 Å². The molecule has 12 heteroatoms. The van der Waals surface area contributed by atoms with Gasteiger partial charge in [-0.2, -0.15) is 13.9 Å². The number of fused-ring (bicyclic) bond motifs is 1. The molecule has 0 amide bonds. The first-order valence-corrected chi connectivity index (χ1v) is 10.2. The molecule has 4 radical (unpaired) electrons. The first-order chi connectivity index (χ1) is 15.5. The molecule has 166 valence electrons. The number of rotatable bonds is 5. The topological polar surface area (TPSA) is 61.7 Å². The number of nitrogens with zero attached hydrogens (tertiary/aromatic N) is 5. The van der Waals surface area contributed by atoms with E-state index in [2.05, 4.69) is 15.2 Å². The number of aromatic nitrogens is 5. The second kappa shape index (κ2) is 7.23. The minimum atomic E-state index is -2.82. The highest BCUT2D eigenvalue weighted by atomic mass is 19.3. The zero-order valence-electron chi connectivity index (χ0n) is 17.8. The lowest BCUT2D eigenvalue weighted by atomic mass is 9.49. The molecule has 1 aliphatic carbocycles. The van der Waals surface area contributed by atoms with Gasteiger partial charge in [-0.05, 0) is 31.2 Å². The average Bonchev–Trinajstić information content (AvgIpc) is 3.42. The second-order valence-corrected chi connectivity index (χ2v) is 8.54. The molecule has 4 aromatic rings. The fourth-order valence-electron chi connectivity index (χ4n) is 4.44. The van der Waals surface area contributed by atoms with Crippen LogP contribution in [0.15, 0.2) is 35.4 Å². The van der Waals surface area contributed by atoms with Gasteiger partial charge in [0.2, 0.25) is 5.92 Å². The van der Waals surface area contributed by atoms with E-state index in [1.165, 1.54) is 17.0 Å². The summed E-state index contributed by atoms with van der Waals surface area (Å²) in [6.07, 6.45) is 4.72. The van der Waals surface area contributed by atoms with Gasteiger partial charge in [0.15, 0.2) is 0 Å². The number of hydrogen-bond donors (Lipinski definition) is 0. The molecule has 6 nitrogen and oxygen atoms in total. The maximum absolute atomic E-state index is 13.6. The molecule has 0 aliphatic heterocycles. The molecule has 4 heterocycles. The number of pyridine rings is 1. The van der Waals surface area contributed by atoms with Crippen LogP contribution in [0.3, 0.4) is 0 Å². The number of aryl methyl sites for hydroxylation is 2. The summed E-state index contributed by atoms with van der Waals surface area (Å²) in [5.74, 6) is -2.93. The fraction of sp³-hybridized carbons (Fsp3) is 0.381. The summed E-state index contributed by atoms with van der Waals surface area (Å²) < 4.78 is 60.6. The van der Waals surface area contributed by atoms with E-state index in [9.17, 15) is 17.6 Å². The van der Waals surface area contributed by atoms with Crippen LogP contribution in [0.4, 0.5) is 17.6 Å². The zero-order valence-corrected chi connectivity index (χ0v) is 17.8. The zero-order chi connectivity index (χ0) is 23.7. The highest BCUT2D eigenvalue weighted by Gasteiger charge is 2.51. The van der Waals surface area contributed by atoms with Crippen molar-refractivity contribution >= 4 is 26.7 Å². The molecule has 0 bridgehead atoms. The fourth-order valence-corrected chi connectivity index (χ4v) is 4.44. The molecule has 0 atom stereocenters. The quantitative estimate of drug-likeness (QED) is 0.329. The smallest absolute Gasteiger partial charge is 0.333 e. The summed E-state index contributed by atoms with van der Waals surface area (Å²) in [5.41, 5.74) is 3.76. The van der Waals surface area contributed by atoms with Crippen LogP contribution in [-0.2, 0) is 5.34 Å². The third-order valence-corrected chi connectivity index (χ3v) is 6.24. The number of halogens is 4. The lowest BCUT2D eigenvalue weighted by Crippen LogP contribution is -2.52. The van der Waals surface area contributed by atoms with Gasteiger partial charge in [-0.25, -0.2) is 13.5 Å². The lowest BCUT2D eigenvalue weighted by molar-refractivity contribution is -0.120. The van der Waals surface area contributed by atoms with Crippen molar-refractivity contribution in [3.8, 4) is 22.3 Å². The van der Waals surface area contributed by atoms with Crippen molar-refractivity contribution < 1.29 is 22.1 Å². The van der Waals surface area contributed by atoms with E-state index < -0.39 is 36.6 Å². The molecule has 4 aromatic heterocycles. The number of alkyl halides is 4. The minimum absolute atomic E-state index is 0.367. The van der Waals surface area contributed by atoms with Crippen molar-refractivity contribution in [2.45, 2.75) is 44.5 Å². The van der Waals surface area contributed by atoms with E-state index >= 15 is 0 Å². The largest absolute Gasteiger partial charge is 0.361 e. The Bertz CT molecular complexity index is 1330. The van der Waals surface area contributed by atoms with Crippen molar-refractivity contribution in [2.75, 3.05) is 0 Å². The van der Waals surface area contributed by atoms with Crippen LogP contribution < -0.4 is 0 Å². The predicted molar refractivity (Wildman–Crippen MR) is 114 cm³/mol. The van der Waals surface area contributed by atoms with Gasteiger partial charge in [0, 0.05) is 53.7 Å². The monoisotopic (exact) mass is 453 g/mol. The van der Waals surface area contributed by atoms with Crippen LogP contribution in [0, 0.1) is 19.8 Å². The Balaban J connectivity index is 1.70. The molecule has 1 saturated carbocycles. The molecule has 0 unspecified atom stereocenters. The Hall–Kier alpha value is -3.04. The summed E-state index contributed by atoms with van der Waals surface area (Å²) in [7, 11) is 12.8. The summed E-state index contributed by atoms with van der Waals surface area (Å²) in [6.45, 7) is 0.729. The molecule has 1 aliphatic rings. The molecule has 0 aromatic carbocycles. The third kappa shape index (κ3) is 3.46. The van der Waals surface area contributed by atoms with Crippen molar-refractivity contribution in [1.29, 1.82) is 0 Å². The van der Waals surface area contributed by atoms with Gasteiger partial charge in [0.1, 0.15) is 5.76 Å². The van der Waals surface area contributed by atoms with Gasteiger partial charge in [-0.1, -0.05) is 5.16 Å². The van der Waals surface area contributed by atoms with Crippen molar-refractivity contribution in [1.82, 2.24) is 24.5 Å². The SMILES string of the molecule is [B]C([B])(C1CC(F)(F)C1)n1cc(-c2cnn(C(F)F)c2)c2ncc(-c3c(C)noc3C)cc21. The van der Waals surface area contributed by atoms with E-state index in [1.807, 2.05) is 0 Å². The van der Waals surface area contributed by atoms with E-state index in [1.54, 1.807) is 32.3 Å². The van der Waals surface area contributed by atoms with Crippen LogP contribution in [0.25, 0.3) is 33.3 Å². The Morgan fingerprint density at radius 2 is 1.88 bits per heavy atom. The average molecular weight is 453 g/mol. The van der Waals surface area contributed by atoms with Crippen LogP contribution in [0.5, 0.6) is 0 Å². The predicted octanol–water partition coefficient (Wildman–Crippen LogP) is 4.56. The van der Waals surface area contributed by atoms with Crippen LogP contribution in [0.2, 0.25) is 0 Å². The molecule has 0 spiro atoms. The van der Waals surface area contributed by atoms with E-state index in [4.69, 9.17) is 20.2 Å². The van der Waals surface area contributed by atoms with E-state index in [0.717, 1.165) is 5.56 Å². The number of hydrogen-bond acceptors (Lipinski definition) is 4. The summed E-state index contributed by atoms with van der Waals surface area (Å²) >= 11 is 0. The highest BCUT2D eigenvalue weighted by molar-refractivity contribution is 6.38. The maximum atomic E-state index is 13.6. The van der Waals surface area contributed by atoms with E-state index in [0.29, 0.717) is 43.9 Å². The standard InChI is InChI=1S/C21H17B2F4N5O/c1-10-17(11(2)33-30-10)12-3-16-18(28-6-12)15(13-7-29-32(8-13)19(24)25)9-31(16)21(22,23)14-4-20(26,27)5-14/h3,6-9,14,19H,4-5H2,1-2H3. The third-order valence-electron chi connectivity index (χ3n) is 6.24. The Kier molecular flexibility index (Phi) is 4.77. The molecule has 0 N–H and O–H groups in total. The van der Waals surface area contributed by atoms with Gasteiger partial charge < -0.3 is 9.09 Å². The van der Waals surface area contributed by atoms with Crippen molar-refractivity contribution in [2.24, 2.45) is 5.92 Å². The normalized spacial score (nSPS) is 16.6. The van der Waals surface area contributed by atoms with Gasteiger partial charge >= 0.3 is 6.55 Å². The molecule has 33 heavy (non-hydrogen) atoms. The van der Waals surface area contributed by atoms with Crippen LogP contribution >= 0.6 is 0 Å². The van der Waals surface area contributed by atoms with Gasteiger partial charge in [-0.3, -0.25) is 4.98 Å². The Labute approximate surface area is 188 Å². The minimum Gasteiger partial charge on any atom is -0.361 e. The lowest BCUT2D eigenvalue weighted by Gasteiger charge is -2.47. The first kappa shape index (κ1) is 21.8. The van der Waals surface area contributed by atoms with Crippen LogP contribution in [0.1, 0.15) is 30.8 Å². The Morgan fingerprint density at radius 3 is 2.45 bits per heavy atom. The second-order valence-electron chi connectivity index (χ2n) is 8.54. The Morgan fingerprint density at radius 1 is 1.15 bits per heavy atom. The molecule has 1 fully saturated rings. The van der Waals surface area contributed by atoms with Gasteiger partial charge in [0.25, 0.3) is 0 Å². The molecular weight excluding hydrogens is 436 g/mol. The highest BCUT2D eigenvalue weighted by Crippen LogP contribution is 2.49. The van der Waals surface area contributed by atoms with Crippen molar-refractivity contribution in [3.63, 3.8) is 0 Å².